The highest BCUT2D eigenvalue weighted by molar-refractivity contribution is 7.99. The van der Waals surface area contributed by atoms with Gasteiger partial charge in [0.2, 0.25) is 5.91 Å². The van der Waals surface area contributed by atoms with Gasteiger partial charge in [0.1, 0.15) is 16.3 Å². The summed E-state index contributed by atoms with van der Waals surface area (Å²) in [5.41, 5.74) is 1.10. The van der Waals surface area contributed by atoms with Gasteiger partial charge in [-0.2, -0.15) is 0 Å². The quantitative estimate of drug-likeness (QED) is 0.285. The topological polar surface area (TPSA) is 55.2 Å². The summed E-state index contributed by atoms with van der Waals surface area (Å²) < 4.78 is 29.3. The van der Waals surface area contributed by atoms with Gasteiger partial charge < -0.3 is 4.90 Å². The van der Waals surface area contributed by atoms with Crippen LogP contribution in [0.4, 0.5) is 8.78 Å². The van der Waals surface area contributed by atoms with E-state index in [0.717, 1.165) is 40.1 Å². The van der Waals surface area contributed by atoms with Crippen LogP contribution in [0.2, 0.25) is 0 Å². The Kier molecular flexibility index (Phi) is 6.66. The summed E-state index contributed by atoms with van der Waals surface area (Å²) in [6.07, 6.45) is 0. The summed E-state index contributed by atoms with van der Waals surface area (Å²) >= 11 is 2.28. The molecule has 4 aromatic rings. The van der Waals surface area contributed by atoms with Crippen molar-refractivity contribution in [2.75, 3.05) is 12.3 Å². The molecule has 0 atom stereocenters. The number of rotatable bonds is 7. The van der Waals surface area contributed by atoms with Crippen LogP contribution in [0.5, 0.6) is 0 Å². The van der Waals surface area contributed by atoms with E-state index in [1.54, 1.807) is 16.3 Å². The number of thiophene rings is 1. The van der Waals surface area contributed by atoms with Gasteiger partial charge in [-0.15, -0.1) is 11.3 Å². The van der Waals surface area contributed by atoms with Crippen LogP contribution in [0, 0.1) is 11.6 Å². The smallest absolute Gasteiger partial charge is 0.276 e. The van der Waals surface area contributed by atoms with Gasteiger partial charge in [0.05, 0.1) is 17.0 Å². The van der Waals surface area contributed by atoms with E-state index in [1.807, 2.05) is 37.3 Å². The molecule has 0 aliphatic carbocycles. The van der Waals surface area contributed by atoms with E-state index < -0.39 is 17.2 Å². The maximum absolute atomic E-state index is 13.9. The van der Waals surface area contributed by atoms with Crippen molar-refractivity contribution in [3.63, 3.8) is 0 Å². The molecule has 0 saturated carbocycles. The maximum Gasteiger partial charge on any atom is 0.276 e. The van der Waals surface area contributed by atoms with Crippen molar-refractivity contribution in [3.05, 3.63) is 87.5 Å². The average Bonchev–Trinajstić information content (AvgIpc) is 3.25. The Balaban J connectivity index is 1.65. The standard InChI is InChI=1S/C23H19F2N3O2S2/c1-2-27(13-15-6-4-3-5-7-15)20(29)14-32-23-26-19-8-9-31-21(19)22(30)28(23)18-11-16(24)10-17(25)12-18/h3-12H,2,13-14H2,1H3. The Morgan fingerprint density at radius 1 is 1.12 bits per heavy atom. The minimum absolute atomic E-state index is 0.0283. The number of nitrogens with zero attached hydrogens (tertiary/aromatic N) is 3. The van der Waals surface area contributed by atoms with Gasteiger partial charge in [0.15, 0.2) is 5.16 Å². The molecule has 0 fully saturated rings. The Hall–Kier alpha value is -3.04. The highest BCUT2D eigenvalue weighted by atomic mass is 32.2. The first-order valence-electron chi connectivity index (χ1n) is 9.87. The highest BCUT2D eigenvalue weighted by Crippen LogP contribution is 2.25. The SMILES string of the molecule is CCN(Cc1ccccc1)C(=O)CSc1nc2ccsc2c(=O)n1-c1cc(F)cc(F)c1. The normalized spacial score (nSPS) is 11.1. The first kappa shape index (κ1) is 22.2. The molecule has 1 amide bonds. The summed E-state index contributed by atoms with van der Waals surface area (Å²) in [6, 6.07) is 14.2. The number of thioether (sulfide) groups is 1. The molecule has 0 unspecified atom stereocenters. The van der Waals surface area contributed by atoms with Crippen LogP contribution in [0.25, 0.3) is 15.9 Å². The number of carbonyl (C=O) groups excluding carboxylic acids is 1. The number of carbonyl (C=O) groups is 1. The van der Waals surface area contributed by atoms with Crippen LogP contribution in [-0.2, 0) is 11.3 Å². The molecule has 0 N–H and O–H groups in total. The van der Waals surface area contributed by atoms with Crippen LogP contribution < -0.4 is 5.56 Å². The third kappa shape index (κ3) is 4.73. The maximum atomic E-state index is 13.9. The van der Waals surface area contributed by atoms with Gasteiger partial charge in [-0.3, -0.25) is 14.2 Å². The minimum atomic E-state index is -0.801. The summed E-state index contributed by atoms with van der Waals surface area (Å²) in [5.74, 6) is -1.70. The van der Waals surface area contributed by atoms with Crippen molar-refractivity contribution < 1.29 is 13.6 Å². The Labute approximate surface area is 191 Å². The molecule has 4 rings (SSSR count). The monoisotopic (exact) mass is 471 g/mol. The second-order valence-corrected chi connectivity index (χ2v) is 8.84. The Morgan fingerprint density at radius 2 is 1.84 bits per heavy atom. The molecule has 0 spiro atoms. The van der Waals surface area contributed by atoms with E-state index in [9.17, 15) is 18.4 Å². The zero-order valence-corrected chi connectivity index (χ0v) is 18.8. The number of hydrogen-bond donors (Lipinski definition) is 0. The van der Waals surface area contributed by atoms with Gasteiger partial charge in [-0.1, -0.05) is 42.1 Å². The first-order chi connectivity index (χ1) is 15.5. The largest absolute Gasteiger partial charge is 0.338 e. The van der Waals surface area contributed by atoms with Crippen LogP contribution in [-0.4, -0.2) is 32.7 Å². The molecule has 0 saturated heterocycles. The number of fused-ring (bicyclic) bond motifs is 1. The summed E-state index contributed by atoms with van der Waals surface area (Å²) in [4.78, 5) is 32.2. The van der Waals surface area contributed by atoms with Gasteiger partial charge >= 0.3 is 0 Å². The Morgan fingerprint density at radius 3 is 2.53 bits per heavy atom. The van der Waals surface area contributed by atoms with Gasteiger partial charge in [-0.25, -0.2) is 13.8 Å². The van der Waals surface area contributed by atoms with Gasteiger partial charge in [0, 0.05) is 19.2 Å². The minimum Gasteiger partial charge on any atom is -0.338 e. The van der Waals surface area contributed by atoms with Crippen molar-refractivity contribution in [2.24, 2.45) is 0 Å². The highest BCUT2D eigenvalue weighted by Gasteiger charge is 2.19. The van der Waals surface area contributed by atoms with Crippen molar-refractivity contribution >= 4 is 39.2 Å². The molecule has 5 nitrogen and oxygen atoms in total. The lowest BCUT2D eigenvalue weighted by Crippen LogP contribution is -2.32. The van der Waals surface area contributed by atoms with Gasteiger partial charge in [-0.05, 0) is 36.1 Å². The van der Waals surface area contributed by atoms with Crippen molar-refractivity contribution in [1.29, 1.82) is 0 Å². The third-order valence-corrected chi connectivity index (χ3v) is 6.65. The van der Waals surface area contributed by atoms with Crippen LogP contribution in [0.15, 0.2) is 69.9 Å². The summed E-state index contributed by atoms with van der Waals surface area (Å²) in [6.45, 7) is 2.88. The summed E-state index contributed by atoms with van der Waals surface area (Å²) in [7, 11) is 0. The molecule has 2 aromatic heterocycles. The molecule has 2 heterocycles. The second kappa shape index (κ2) is 9.62. The molecular formula is C23H19F2N3O2S2. The molecule has 0 radical (unpaired) electrons. The average molecular weight is 472 g/mol. The molecule has 0 aliphatic heterocycles. The van der Waals surface area contributed by atoms with E-state index in [4.69, 9.17) is 0 Å². The van der Waals surface area contributed by atoms with E-state index in [-0.39, 0.29) is 22.5 Å². The van der Waals surface area contributed by atoms with E-state index in [2.05, 4.69) is 4.98 Å². The van der Waals surface area contributed by atoms with E-state index in [0.29, 0.717) is 23.3 Å². The molecule has 164 valence electrons. The van der Waals surface area contributed by atoms with Crippen molar-refractivity contribution in [1.82, 2.24) is 14.5 Å². The number of halogens is 2. The van der Waals surface area contributed by atoms with Gasteiger partial charge in [0.25, 0.3) is 5.56 Å². The van der Waals surface area contributed by atoms with Crippen LogP contribution in [0.1, 0.15) is 12.5 Å². The molecule has 0 aliphatic rings. The fourth-order valence-electron chi connectivity index (χ4n) is 3.28. The zero-order chi connectivity index (χ0) is 22.7. The molecule has 2 aromatic carbocycles. The van der Waals surface area contributed by atoms with E-state index >= 15 is 0 Å². The van der Waals surface area contributed by atoms with Crippen molar-refractivity contribution in [2.45, 2.75) is 18.6 Å². The molecule has 32 heavy (non-hydrogen) atoms. The third-order valence-electron chi connectivity index (χ3n) is 4.83. The lowest BCUT2D eigenvalue weighted by atomic mass is 10.2. The second-order valence-electron chi connectivity index (χ2n) is 6.98. The van der Waals surface area contributed by atoms with Crippen LogP contribution >= 0.6 is 23.1 Å². The molecule has 9 heteroatoms. The molecular weight excluding hydrogens is 452 g/mol. The van der Waals surface area contributed by atoms with Crippen molar-refractivity contribution in [3.8, 4) is 5.69 Å². The zero-order valence-electron chi connectivity index (χ0n) is 17.1. The number of amides is 1. The lowest BCUT2D eigenvalue weighted by Gasteiger charge is -2.21. The predicted octanol–water partition coefficient (Wildman–Crippen LogP) is 4.87. The predicted molar refractivity (Wildman–Crippen MR) is 123 cm³/mol. The molecule has 0 bridgehead atoms. The lowest BCUT2D eigenvalue weighted by molar-refractivity contribution is -0.128. The fourth-order valence-corrected chi connectivity index (χ4v) is 4.96. The number of hydrogen-bond acceptors (Lipinski definition) is 5. The van der Waals surface area contributed by atoms with Crippen LogP contribution in [0.3, 0.4) is 0 Å². The summed E-state index contributed by atoms with van der Waals surface area (Å²) in [5, 5.41) is 1.93. The number of benzene rings is 2. The first-order valence-corrected chi connectivity index (χ1v) is 11.7. The Bertz CT molecular complexity index is 1300. The fraction of sp³-hybridized carbons (Fsp3) is 0.174. The number of aromatic nitrogens is 2. The van der Waals surface area contributed by atoms with E-state index in [1.165, 1.54) is 11.3 Å².